The molecule has 1 aromatic carbocycles. The molecular weight excluding hydrogens is 372 g/mol. The smallest absolute Gasteiger partial charge is 0.165 e. The van der Waals surface area contributed by atoms with Gasteiger partial charge in [0.25, 0.3) is 0 Å². The van der Waals surface area contributed by atoms with E-state index in [0.29, 0.717) is 13.2 Å². The minimum absolute atomic E-state index is 0.605. The van der Waals surface area contributed by atoms with E-state index in [4.69, 9.17) is 14.8 Å². The first-order valence-electron chi connectivity index (χ1n) is 10.3. The molecular formula is C25H28N4O. The van der Waals surface area contributed by atoms with Gasteiger partial charge in [-0.05, 0) is 70.2 Å². The molecule has 0 unspecified atom stereocenters. The lowest BCUT2D eigenvalue weighted by atomic mass is 9.94. The summed E-state index contributed by atoms with van der Waals surface area (Å²) in [4.78, 5) is 5.01. The Balaban J connectivity index is 2.12. The van der Waals surface area contributed by atoms with Gasteiger partial charge in [-0.3, -0.25) is 0 Å². The zero-order valence-electron chi connectivity index (χ0n) is 18.8. The second-order valence-electron chi connectivity index (χ2n) is 7.95. The highest BCUT2D eigenvalue weighted by molar-refractivity contribution is 5.90. The fraction of sp³-hybridized carbons (Fsp3) is 0.360. The average Bonchev–Trinajstić information content (AvgIpc) is 3.18. The monoisotopic (exact) mass is 400 g/mol. The van der Waals surface area contributed by atoms with E-state index in [1.54, 1.807) is 7.11 Å². The Morgan fingerprint density at radius 3 is 2.30 bits per heavy atom. The van der Waals surface area contributed by atoms with Crippen LogP contribution in [0.2, 0.25) is 0 Å². The number of fused-ring (bicyclic) bond motifs is 3. The molecule has 0 amide bonds. The molecule has 4 aromatic rings. The molecule has 154 valence electrons. The summed E-state index contributed by atoms with van der Waals surface area (Å²) < 4.78 is 9.55. The number of aromatic nitrogens is 4. The van der Waals surface area contributed by atoms with Crippen molar-refractivity contribution in [3.05, 3.63) is 52.0 Å². The first kappa shape index (κ1) is 20.2. The van der Waals surface area contributed by atoms with Crippen LogP contribution in [0.15, 0.2) is 18.2 Å². The number of hydrogen-bond donors (Lipinski definition) is 0. The molecule has 0 fully saturated rings. The predicted octanol–water partition coefficient (Wildman–Crippen LogP) is 4.91. The zero-order valence-corrected chi connectivity index (χ0v) is 18.8. The van der Waals surface area contributed by atoms with Gasteiger partial charge in [0.05, 0.1) is 29.3 Å². The molecule has 0 atom stereocenters. The van der Waals surface area contributed by atoms with Crippen molar-refractivity contribution >= 4 is 16.7 Å². The first-order chi connectivity index (χ1) is 14.4. The van der Waals surface area contributed by atoms with Crippen LogP contribution >= 0.6 is 0 Å². The van der Waals surface area contributed by atoms with Crippen LogP contribution in [0.3, 0.4) is 0 Å². The molecule has 5 heteroatoms. The van der Waals surface area contributed by atoms with Crippen LogP contribution in [-0.2, 0) is 11.3 Å². The van der Waals surface area contributed by atoms with Crippen molar-refractivity contribution in [2.24, 2.45) is 0 Å². The summed E-state index contributed by atoms with van der Waals surface area (Å²) in [7, 11) is 1.72. The number of aryl methyl sites for hydroxylation is 5. The van der Waals surface area contributed by atoms with Gasteiger partial charge in [0, 0.05) is 19.0 Å². The van der Waals surface area contributed by atoms with Crippen LogP contribution in [0.25, 0.3) is 27.8 Å². The molecule has 0 spiro atoms. The fourth-order valence-corrected chi connectivity index (χ4v) is 4.53. The number of nitrogens with zero attached hydrogens (tertiary/aromatic N) is 4. The molecule has 0 radical (unpaired) electrons. The average molecular weight is 401 g/mol. The van der Waals surface area contributed by atoms with Crippen molar-refractivity contribution in [1.82, 2.24) is 19.2 Å². The van der Waals surface area contributed by atoms with E-state index in [1.807, 2.05) is 11.4 Å². The molecule has 0 aliphatic heterocycles. The molecule has 30 heavy (non-hydrogen) atoms. The van der Waals surface area contributed by atoms with Crippen molar-refractivity contribution in [2.45, 2.75) is 48.1 Å². The topological polar surface area (TPSA) is 44.4 Å². The number of rotatable bonds is 4. The molecule has 4 rings (SSSR count). The molecule has 5 nitrogen and oxygen atoms in total. The van der Waals surface area contributed by atoms with Crippen LogP contribution in [0, 0.1) is 46.5 Å². The predicted molar refractivity (Wildman–Crippen MR) is 122 cm³/mol. The van der Waals surface area contributed by atoms with Crippen LogP contribution in [-0.4, -0.2) is 32.9 Å². The van der Waals surface area contributed by atoms with Crippen LogP contribution in [0.5, 0.6) is 0 Å². The van der Waals surface area contributed by atoms with Crippen molar-refractivity contribution in [3.63, 3.8) is 0 Å². The van der Waals surface area contributed by atoms with Crippen LogP contribution in [0.4, 0.5) is 0 Å². The van der Waals surface area contributed by atoms with Crippen molar-refractivity contribution < 1.29 is 4.74 Å². The largest absolute Gasteiger partial charge is 0.383 e. The second kappa shape index (κ2) is 7.62. The SMILES string of the molecule is CC#Cc1cc2c(C)nc3c(-c4c(C)cc(C)cc4C)c(C)nn3c2n1CCOC. The van der Waals surface area contributed by atoms with E-state index in [0.717, 1.165) is 39.3 Å². The van der Waals surface area contributed by atoms with Gasteiger partial charge in [-0.1, -0.05) is 23.6 Å². The molecule has 3 heterocycles. The maximum atomic E-state index is 5.37. The molecule has 0 saturated carbocycles. The van der Waals surface area contributed by atoms with Crippen LogP contribution < -0.4 is 0 Å². The maximum Gasteiger partial charge on any atom is 0.165 e. The lowest BCUT2D eigenvalue weighted by Crippen LogP contribution is -2.09. The maximum absolute atomic E-state index is 5.37. The third kappa shape index (κ3) is 3.09. The molecule has 0 saturated heterocycles. The summed E-state index contributed by atoms with van der Waals surface area (Å²) >= 11 is 0. The quantitative estimate of drug-likeness (QED) is 0.457. The summed E-state index contributed by atoms with van der Waals surface area (Å²) in [6, 6.07) is 6.57. The Labute approximate surface area is 177 Å². The fourth-order valence-electron chi connectivity index (χ4n) is 4.53. The Kier molecular flexibility index (Phi) is 5.13. The normalized spacial score (nSPS) is 11.3. The van der Waals surface area contributed by atoms with Gasteiger partial charge in [0.1, 0.15) is 5.65 Å². The van der Waals surface area contributed by atoms with Gasteiger partial charge in [-0.25, -0.2) is 4.98 Å². The highest BCUT2D eigenvalue weighted by Crippen LogP contribution is 2.35. The van der Waals surface area contributed by atoms with E-state index in [9.17, 15) is 0 Å². The highest BCUT2D eigenvalue weighted by atomic mass is 16.5. The van der Waals surface area contributed by atoms with Gasteiger partial charge in [-0.15, -0.1) is 0 Å². The summed E-state index contributed by atoms with van der Waals surface area (Å²) in [6.07, 6.45) is 0. The van der Waals surface area contributed by atoms with Gasteiger partial charge in [0.2, 0.25) is 0 Å². The van der Waals surface area contributed by atoms with Crippen molar-refractivity contribution in [2.75, 3.05) is 13.7 Å². The van der Waals surface area contributed by atoms with Crippen molar-refractivity contribution in [1.29, 1.82) is 0 Å². The number of ether oxygens (including phenoxy) is 1. The highest BCUT2D eigenvalue weighted by Gasteiger charge is 2.22. The van der Waals surface area contributed by atoms with E-state index in [-0.39, 0.29) is 0 Å². The molecule has 0 N–H and O–H groups in total. The lowest BCUT2D eigenvalue weighted by Gasteiger charge is -2.12. The lowest BCUT2D eigenvalue weighted by molar-refractivity contribution is 0.188. The zero-order chi connectivity index (χ0) is 21.6. The summed E-state index contributed by atoms with van der Waals surface area (Å²) in [6.45, 7) is 13.8. The summed E-state index contributed by atoms with van der Waals surface area (Å²) in [5.74, 6) is 6.26. The summed E-state index contributed by atoms with van der Waals surface area (Å²) in [5, 5.41) is 6.02. The third-order valence-electron chi connectivity index (χ3n) is 5.67. The number of benzene rings is 1. The van der Waals surface area contributed by atoms with Gasteiger partial charge < -0.3 is 9.30 Å². The molecule has 3 aromatic heterocycles. The van der Waals surface area contributed by atoms with Crippen molar-refractivity contribution in [3.8, 4) is 23.0 Å². The number of methoxy groups -OCH3 is 1. The molecule has 0 aliphatic carbocycles. The van der Waals surface area contributed by atoms with E-state index >= 15 is 0 Å². The van der Waals surface area contributed by atoms with E-state index in [2.05, 4.69) is 69.2 Å². The number of hydrogen-bond acceptors (Lipinski definition) is 3. The Morgan fingerprint density at radius 1 is 0.967 bits per heavy atom. The molecule has 0 bridgehead atoms. The van der Waals surface area contributed by atoms with Gasteiger partial charge in [-0.2, -0.15) is 9.61 Å². The second-order valence-corrected chi connectivity index (χ2v) is 7.95. The molecule has 0 aliphatic rings. The van der Waals surface area contributed by atoms with E-state index < -0.39 is 0 Å². The van der Waals surface area contributed by atoms with Gasteiger partial charge in [0.15, 0.2) is 5.65 Å². The Hall–Kier alpha value is -3.10. The minimum atomic E-state index is 0.605. The Morgan fingerprint density at radius 2 is 1.67 bits per heavy atom. The van der Waals surface area contributed by atoms with Crippen LogP contribution in [0.1, 0.15) is 40.7 Å². The third-order valence-corrected chi connectivity index (χ3v) is 5.67. The van der Waals surface area contributed by atoms with E-state index in [1.165, 1.54) is 22.3 Å². The standard InChI is InChI=1S/C25H28N4O/c1-8-9-20-14-21-18(5)26-24-23(22-16(3)12-15(2)13-17(22)4)19(6)27-29(24)25(21)28(20)10-11-30-7/h12-14H,10-11H2,1-7H3. The summed E-state index contributed by atoms with van der Waals surface area (Å²) in [5.41, 5.74) is 10.9. The Bertz CT molecular complexity index is 1320. The van der Waals surface area contributed by atoms with Gasteiger partial charge >= 0.3 is 0 Å². The first-order valence-corrected chi connectivity index (χ1v) is 10.3. The minimum Gasteiger partial charge on any atom is -0.383 e.